The van der Waals surface area contributed by atoms with E-state index in [1.165, 1.54) is 13.0 Å². The van der Waals surface area contributed by atoms with Gasteiger partial charge in [0.15, 0.2) is 0 Å². The summed E-state index contributed by atoms with van der Waals surface area (Å²) in [5.41, 5.74) is 5.65. The molecular formula is C11H21N3O. The third kappa shape index (κ3) is 2.69. The molecule has 4 nitrogen and oxygen atoms in total. The van der Waals surface area contributed by atoms with Crippen LogP contribution in [-0.2, 0) is 4.79 Å². The standard InChI is InChI=1S/C11H21N3O/c1-2-14-5-3-4-8(7-14)13-11(15)9-6-10(9)12/h8-10H,2-7,12H2,1H3,(H,13,15). The summed E-state index contributed by atoms with van der Waals surface area (Å²) in [5, 5.41) is 3.11. The molecule has 3 N–H and O–H groups in total. The highest BCUT2D eigenvalue weighted by Gasteiger charge is 2.40. The molecular weight excluding hydrogens is 190 g/mol. The van der Waals surface area contributed by atoms with Crippen LogP contribution in [0.15, 0.2) is 0 Å². The maximum atomic E-state index is 11.7. The summed E-state index contributed by atoms with van der Waals surface area (Å²) in [6, 6.07) is 0.467. The first-order valence-electron chi connectivity index (χ1n) is 5.99. The zero-order valence-electron chi connectivity index (χ0n) is 9.41. The van der Waals surface area contributed by atoms with Gasteiger partial charge in [-0.15, -0.1) is 0 Å². The average molecular weight is 211 g/mol. The summed E-state index contributed by atoms with van der Waals surface area (Å²) < 4.78 is 0. The molecule has 0 aromatic carbocycles. The zero-order chi connectivity index (χ0) is 10.8. The summed E-state index contributed by atoms with van der Waals surface area (Å²) in [6.07, 6.45) is 3.18. The zero-order valence-corrected chi connectivity index (χ0v) is 9.41. The SMILES string of the molecule is CCN1CCCC(NC(=O)C2CC2N)C1. The van der Waals surface area contributed by atoms with Crippen molar-refractivity contribution >= 4 is 5.91 Å². The molecule has 0 bridgehead atoms. The summed E-state index contributed by atoms with van der Waals surface area (Å²) in [6.45, 7) is 5.42. The van der Waals surface area contributed by atoms with Crippen LogP contribution < -0.4 is 11.1 Å². The molecule has 15 heavy (non-hydrogen) atoms. The minimum atomic E-state index is 0.0991. The molecule has 0 radical (unpaired) electrons. The normalized spacial score (nSPS) is 36.3. The third-order valence-corrected chi connectivity index (χ3v) is 3.48. The van der Waals surface area contributed by atoms with Crippen LogP contribution in [0.3, 0.4) is 0 Å². The van der Waals surface area contributed by atoms with Gasteiger partial charge in [0.2, 0.25) is 5.91 Å². The Labute approximate surface area is 91.2 Å². The van der Waals surface area contributed by atoms with Gasteiger partial charge in [-0.05, 0) is 32.4 Å². The fraction of sp³-hybridized carbons (Fsp3) is 0.909. The van der Waals surface area contributed by atoms with Crippen LogP contribution in [0, 0.1) is 5.92 Å². The maximum Gasteiger partial charge on any atom is 0.224 e. The van der Waals surface area contributed by atoms with E-state index in [4.69, 9.17) is 5.73 Å². The van der Waals surface area contributed by atoms with Crippen molar-refractivity contribution in [3.05, 3.63) is 0 Å². The van der Waals surface area contributed by atoms with Gasteiger partial charge in [0.25, 0.3) is 0 Å². The highest BCUT2D eigenvalue weighted by Crippen LogP contribution is 2.28. The summed E-state index contributed by atoms with van der Waals surface area (Å²) in [5.74, 6) is 0.271. The fourth-order valence-corrected chi connectivity index (χ4v) is 2.28. The molecule has 4 heteroatoms. The number of piperidine rings is 1. The Morgan fingerprint density at radius 1 is 1.60 bits per heavy atom. The van der Waals surface area contributed by atoms with E-state index in [-0.39, 0.29) is 17.9 Å². The van der Waals surface area contributed by atoms with E-state index in [2.05, 4.69) is 17.1 Å². The highest BCUT2D eigenvalue weighted by atomic mass is 16.2. The number of likely N-dealkylation sites (N-methyl/N-ethyl adjacent to an activating group) is 1. The number of nitrogens with zero attached hydrogens (tertiary/aromatic N) is 1. The van der Waals surface area contributed by atoms with Crippen molar-refractivity contribution in [1.82, 2.24) is 10.2 Å². The van der Waals surface area contributed by atoms with Gasteiger partial charge < -0.3 is 16.0 Å². The van der Waals surface area contributed by atoms with Crippen LogP contribution in [0.2, 0.25) is 0 Å². The molecule has 2 fully saturated rings. The van der Waals surface area contributed by atoms with E-state index in [0.29, 0.717) is 6.04 Å². The number of nitrogens with one attached hydrogen (secondary N) is 1. The van der Waals surface area contributed by atoms with Gasteiger partial charge in [-0.2, -0.15) is 0 Å². The van der Waals surface area contributed by atoms with Crippen molar-refractivity contribution in [2.45, 2.75) is 38.3 Å². The molecule has 0 aromatic heterocycles. The van der Waals surface area contributed by atoms with Gasteiger partial charge >= 0.3 is 0 Å². The molecule has 86 valence electrons. The number of carbonyl (C=O) groups excluding carboxylic acids is 1. The molecule has 3 unspecified atom stereocenters. The number of nitrogens with two attached hydrogens (primary N) is 1. The number of carbonyl (C=O) groups is 1. The van der Waals surface area contributed by atoms with E-state index in [1.54, 1.807) is 0 Å². The first-order valence-corrected chi connectivity index (χ1v) is 5.99. The van der Waals surface area contributed by atoms with Crippen molar-refractivity contribution in [2.75, 3.05) is 19.6 Å². The first-order chi connectivity index (χ1) is 7.20. The second-order valence-electron chi connectivity index (χ2n) is 4.75. The molecule has 0 aromatic rings. The smallest absolute Gasteiger partial charge is 0.224 e. The lowest BCUT2D eigenvalue weighted by atomic mass is 10.1. The molecule has 2 rings (SSSR count). The summed E-state index contributed by atoms with van der Waals surface area (Å²) in [7, 11) is 0. The lowest BCUT2D eigenvalue weighted by Gasteiger charge is -2.32. The number of hydrogen-bond acceptors (Lipinski definition) is 3. The van der Waals surface area contributed by atoms with E-state index in [1.807, 2.05) is 0 Å². The van der Waals surface area contributed by atoms with Crippen molar-refractivity contribution in [3.8, 4) is 0 Å². The van der Waals surface area contributed by atoms with Crippen molar-refractivity contribution in [1.29, 1.82) is 0 Å². The molecule has 0 spiro atoms. The van der Waals surface area contributed by atoms with Gasteiger partial charge in [-0.3, -0.25) is 4.79 Å². The van der Waals surface area contributed by atoms with Gasteiger partial charge in [-0.25, -0.2) is 0 Å². The molecule has 2 aliphatic rings. The van der Waals surface area contributed by atoms with Gasteiger partial charge in [0, 0.05) is 18.6 Å². The molecule has 1 aliphatic carbocycles. The second-order valence-corrected chi connectivity index (χ2v) is 4.75. The Bertz CT molecular complexity index is 244. The Hall–Kier alpha value is -0.610. The van der Waals surface area contributed by atoms with E-state index in [9.17, 15) is 4.79 Å². The molecule has 3 atom stereocenters. The summed E-state index contributed by atoms with van der Waals surface area (Å²) in [4.78, 5) is 14.1. The lowest BCUT2D eigenvalue weighted by Crippen LogP contribution is -2.48. The van der Waals surface area contributed by atoms with Crippen LogP contribution >= 0.6 is 0 Å². The van der Waals surface area contributed by atoms with Crippen LogP contribution in [-0.4, -0.2) is 42.5 Å². The second kappa shape index (κ2) is 4.49. The molecule has 1 heterocycles. The largest absolute Gasteiger partial charge is 0.352 e. The van der Waals surface area contributed by atoms with Crippen molar-refractivity contribution in [3.63, 3.8) is 0 Å². The van der Waals surface area contributed by atoms with Gasteiger partial charge in [0.1, 0.15) is 0 Å². The first kappa shape index (κ1) is 10.9. The lowest BCUT2D eigenvalue weighted by molar-refractivity contribution is -0.123. The van der Waals surface area contributed by atoms with Crippen LogP contribution in [0.25, 0.3) is 0 Å². The van der Waals surface area contributed by atoms with Crippen LogP contribution in [0.4, 0.5) is 0 Å². The minimum absolute atomic E-state index is 0.0991. The third-order valence-electron chi connectivity index (χ3n) is 3.48. The van der Waals surface area contributed by atoms with Gasteiger partial charge in [-0.1, -0.05) is 6.92 Å². The van der Waals surface area contributed by atoms with E-state index < -0.39 is 0 Å². The molecule has 1 amide bonds. The number of likely N-dealkylation sites (tertiary alicyclic amines) is 1. The van der Waals surface area contributed by atoms with E-state index >= 15 is 0 Å². The van der Waals surface area contributed by atoms with Gasteiger partial charge in [0.05, 0.1) is 5.92 Å². The Morgan fingerprint density at radius 2 is 2.33 bits per heavy atom. The fourth-order valence-electron chi connectivity index (χ4n) is 2.28. The average Bonchev–Trinajstić information content (AvgIpc) is 2.96. The van der Waals surface area contributed by atoms with Crippen LogP contribution in [0.1, 0.15) is 26.2 Å². The molecule has 1 saturated carbocycles. The molecule has 1 saturated heterocycles. The number of hydrogen-bond donors (Lipinski definition) is 2. The van der Waals surface area contributed by atoms with Crippen molar-refractivity contribution in [2.24, 2.45) is 11.7 Å². The monoisotopic (exact) mass is 211 g/mol. The summed E-state index contributed by atoms with van der Waals surface area (Å²) >= 11 is 0. The number of amides is 1. The van der Waals surface area contributed by atoms with Crippen LogP contribution in [0.5, 0.6) is 0 Å². The van der Waals surface area contributed by atoms with E-state index in [0.717, 1.165) is 25.9 Å². The van der Waals surface area contributed by atoms with Crippen molar-refractivity contribution < 1.29 is 4.79 Å². The topological polar surface area (TPSA) is 58.4 Å². The Morgan fingerprint density at radius 3 is 2.93 bits per heavy atom. The molecule has 1 aliphatic heterocycles. The Kier molecular flexibility index (Phi) is 3.26. The predicted molar refractivity (Wildman–Crippen MR) is 59.4 cm³/mol. The Balaban J connectivity index is 1.76. The quantitative estimate of drug-likeness (QED) is 0.687. The minimum Gasteiger partial charge on any atom is -0.352 e. The highest BCUT2D eigenvalue weighted by molar-refractivity contribution is 5.82. The number of rotatable bonds is 3. The predicted octanol–water partition coefficient (Wildman–Crippen LogP) is -0.0659. The maximum absolute atomic E-state index is 11.7.